The van der Waals surface area contributed by atoms with Crippen molar-refractivity contribution in [3.05, 3.63) is 105 Å². The van der Waals surface area contributed by atoms with Crippen molar-refractivity contribution >= 4 is 44.8 Å². The molecule has 0 aliphatic carbocycles. The maximum Gasteiger partial charge on any atom is 0.298 e. The zero-order valence-corrected chi connectivity index (χ0v) is 30.4. The summed E-state index contributed by atoms with van der Waals surface area (Å²) in [5.41, 5.74) is 13.0. The standard InChI is InChI=1S/C40H48N6O3S/c1-27(2)10-8-11-28(3)12-9-13-29(4)18-20-44-21-19-30(26-44)42-38(47)36-25-34-39(50-36)43-37(41)40(48)46(34)32-16-17-35-33(24-32)45(22-23-49-35)31-14-6-5-7-15-31/h5-7,10,12,14-18,24-25,30H,8-9,11,13,19-23,26H2,1-4H3,(H2,41,43)(H,42,47)/b28-12+,29-18+. The summed E-state index contributed by atoms with van der Waals surface area (Å²) in [5, 5.41) is 3.23. The Hall–Kier alpha value is -4.67. The highest BCUT2D eigenvalue weighted by atomic mass is 32.1. The Balaban J connectivity index is 1.11. The van der Waals surface area contributed by atoms with E-state index < -0.39 is 5.56 Å². The molecule has 2 aliphatic heterocycles. The van der Waals surface area contributed by atoms with Crippen LogP contribution in [0.2, 0.25) is 0 Å². The molecule has 262 valence electrons. The summed E-state index contributed by atoms with van der Waals surface area (Å²) in [5.74, 6) is 0.468. The molecule has 0 spiro atoms. The van der Waals surface area contributed by atoms with Gasteiger partial charge in [0, 0.05) is 31.4 Å². The number of ether oxygens (including phenoxy) is 1. The lowest BCUT2D eigenvalue weighted by Crippen LogP contribution is -2.36. The quantitative estimate of drug-likeness (QED) is 0.146. The molecule has 1 fully saturated rings. The zero-order valence-electron chi connectivity index (χ0n) is 29.6. The molecule has 0 radical (unpaired) electrons. The summed E-state index contributed by atoms with van der Waals surface area (Å²) in [6.45, 7) is 12.6. The number of benzene rings is 2. The van der Waals surface area contributed by atoms with Crippen molar-refractivity contribution in [2.24, 2.45) is 0 Å². The molecule has 0 saturated carbocycles. The van der Waals surface area contributed by atoms with Crippen LogP contribution in [0.4, 0.5) is 17.2 Å². The highest BCUT2D eigenvalue weighted by molar-refractivity contribution is 7.20. The van der Waals surface area contributed by atoms with Crippen LogP contribution >= 0.6 is 11.3 Å². The van der Waals surface area contributed by atoms with E-state index in [1.165, 1.54) is 28.1 Å². The van der Waals surface area contributed by atoms with Crippen LogP contribution in [0, 0.1) is 0 Å². The first kappa shape index (κ1) is 35.2. The van der Waals surface area contributed by atoms with Gasteiger partial charge in [-0.3, -0.25) is 19.1 Å². The van der Waals surface area contributed by atoms with E-state index in [0.717, 1.165) is 68.9 Å². The Bertz CT molecular complexity index is 1990. The fraction of sp³-hybridized carbons (Fsp3) is 0.375. The summed E-state index contributed by atoms with van der Waals surface area (Å²) in [6, 6.07) is 17.6. The van der Waals surface area contributed by atoms with Gasteiger partial charge in [-0.1, -0.05) is 53.1 Å². The fourth-order valence-electron chi connectivity index (χ4n) is 6.58. The first-order valence-corrected chi connectivity index (χ1v) is 18.4. The first-order valence-electron chi connectivity index (χ1n) is 17.6. The molecule has 2 aromatic heterocycles. The summed E-state index contributed by atoms with van der Waals surface area (Å²) in [4.78, 5) is 37.0. The second kappa shape index (κ2) is 15.9. The predicted octanol–water partition coefficient (Wildman–Crippen LogP) is 7.78. The van der Waals surface area contributed by atoms with Crippen LogP contribution in [0.15, 0.2) is 94.3 Å². The maximum atomic E-state index is 13.5. The number of nitrogens with one attached hydrogen (secondary N) is 1. The maximum absolute atomic E-state index is 13.5. The monoisotopic (exact) mass is 692 g/mol. The molecule has 4 heterocycles. The zero-order chi connectivity index (χ0) is 35.2. The Kier molecular flexibility index (Phi) is 11.2. The van der Waals surface area contributed by atoms with Gasteiger partial charge in [0.15, 0.2) is 5.82 Å². The van der Waals surface area contributed by atoms with E-state index in [1.807, 2.05) is 36.4 Å². The lowest BCUT2D eigenvalue weighted by molar-refractivity contribution is 0.0942. The average molecular weight is 693 g/mol. The lowest BCUT2D eigenvalue weighted by Gasteiger charge is -2.31. The van der Waals surface area contributed by atoms with Crippen molar-refractivity contribution < 1.29 is 9.53 Å². The number of rotatable bonds is 12. The number of nitrogen functional groups attached to an aromatic ring is 1. The topological polar surface area (TPSA) is 106 Å². The van der Waals surface area contributed by atoms with Gasteiger partial charge in [0.2, 0.25) is 0 Å². The minimum atomic E-state index is -0.425. The van der Waals surface area contributed by atoms with Gasteiger partial charge in [-0.25, -0.2) is 4.98 Å². The number of fused-ring (bicyclic) bond motifs is 2. The number of likely N-dealkylation sites (tertiary alicyclic amines) is 1. The number of thiophene rings is 1. The third-order valence-electron chi connectivity index (χ3n) is 9.36. The van der Waals surface area contributed by atoms with Crippen molar-refractivity contribution in [2.75, 3.05) is 43.4 Å². The third kappa shape index (κ3) is 8.37. The molecular formula is C40H48N6O3S. The van der Waals surface area contributed by atoms with Gasteiger partial charge in [0.1, 0.15) is 17.2 Å². The molecule has 1 saturated heterocycles. The van der Waals surface area contributed by atoms with Crippen LogP contribution in [0.3, 0.4) is 0 Å². The Labute approximate surface area is 298 Å². The Morgan fingerprint density at radius 2 is 1.74 bits per heavy atom. The van der Waals surface area contributed by atoms with Gasteiger partial charge < -0.3 is 20.7 Å². The molecule has 50 heavy (non-hydrogen) atoms. The average Bonchev–Trinajstić information content (AvgIpc) is 3.74. The number of aromatic nitrogens is 2. The van der Waals surface area contributed by atoms with Crippen LogP contribution in [0.1, 0.15) is 69.5 Å². The van der Waals surface area contributed by atoms with E-state index in [1.54, 1.807) is 10.6 Å². The molecule has 0 bridgehead atoms. The van der Waals surface area contributed by atoms with Crippen LogP contribution in [0.25, 0.3) is 16.0 Å². The van der Waals surface area contributed by atoms with Gasteiger partial charge in [-0.05, 0) is 96.2 Å². The van der Waals surface area contributed by atoms with E-state index in [9.17, 15) is 9.59 Å². The van der Waals surface area contributed by atoms with E-state index in [4.69, 9.17) is 10.5 Å². The molecule has 1 atom stereocenters. The predicted molar refractivity (Wildman–Crippen MR) is 206 cm³/mol. The van der Waals surface area contributed by atoms with Crippen LogP contribution < -0.4 is 26.2 Å². The second-order valence-electron chi connectivity index (χ2n) is 13.6. The number of hydrogen-bond acceptors (Lipinski definition) is 8. The summed E-state index contributed by atoms with van der Waals surface area (Å²) < 4.78 is 7.51. The Morgan fingerprint density at radius 3 is 2.52 bits per heavy atom. The molecule has 9 nitrogen and oxygen atoms in total. The molecule has 3 N–H and O–H groups in total. The molecular weight excluding hydrogens is 645 g/mol. The first-order chi connectivity index (χ1) is 24.2. The number of carbonyl (C=O) groups excluding carboxylic acids is 1. The summed E-state index contributed by atoms with van der Waals surface area (Å²) >= 11 is 1.25. The number of nitrogens with two attached hydrogens (primary N) is 1. The largest absolute Gasteiger partial charge is 0.490 e. The molecule has 2 aromatic carbocycles. The van der Waals surface area contributed by atoms with Crippen molar-refractivity contribution in [3.8, 4) is 11.4 Å². The summed E-state index contributed by atoms with van der Waals surface area (Å²) in [7, 11) is 0. The van der Waals surface area contributed by atoms with Gasteiger partial charge in [0.25, 0.3) is 11.5 Å². The summed E-state index contributed by atoms with van der Waals surface area (Å²) in [6.07, 6.45) is 12.3. The van der Waals surface area contributed by atoms with E-state index in [-0.39, 0.29) is 17.8 Å². The molecule has 2 aliphatic rings. The molecule has 6 rings (SSSR count). The molecule has 1 unspecified atom stereocenters. The molecule has 4 aromatic rings. The number of para-hydroxylation sites is 1. The third-order valence-corrected chi connectivity index (χ3v) is 10.4. The molecule has 1 amide bonds. The smallest absolute Gasteiger partial charge is 0.298 e. The van der Waals surface area contributed by atoms with Crippen LogP contribution in [0.5, 0.6) is 5.75 Å². The number of nitrogens with zero attached hydrogens (tertiary/aromatic N) is 4. The Morgan fingerprint density at radius 1 is 0.980 bits per heavy atom. The normalized spacial score (nSPS) is 16.7. The minimum absolute atomic E-state index is 0.0534. The minimum Gasteiger partial charge on any atom is -0.490 e. The van der Waals surface area contributed by atoms with E-state index in [2.05, 4.69) is 78.2 Å². The number of amides is 1. The lowest BCUT2D eigenvalue weighted by atomic mass is 10.1. The van der Waals surface area contributed by atoms with Gasteiger partial charge in [-0.2, -0.15) is 0 Å². The molecule has 10 heteroatoms. The van der Waals surface area contributed by atoms with Crippen molar-refractivity contribution in [1.82, 2.24) is 19.8 Å². The van der Waals surface area contributed by atoms with E-state index >= 15 is 0 Å². The number of carbonyl (C=O) groups is 1. The van der Waals surface area contributed by atoms with Crippen molar-refractivity contribution in [2.45, 2.75) is 65.8 Å². The van der Waals surface area contributed by atoms with Crippen LogP contribution in [-0.2, 0) is 0 Å². The number of allylic oxidation sites excluding steroid dienone is 5. The highest BCUT2D eigenvalue weighted by Gasteiger charge is 2.26. The second-order valence-corrected chi connectivity index (χ2v) is 14.6. The van der Waals surface area contributed by atoms with Gasteiger partial charge >= 0.3 is 0 Å². The number of anilines is 3. The van der Waals surface area contributed by atoms with Gasteiger partial charge in [-0.15, -0.1) is 11.3 Å². The van der Waals surface area contributed by atoms with E-state index in [0.29, 0.717) is 34.1 Å². The van der Waals surface area contributed by atoms with Crippen molar-refractivity contribution in [3.63, 3.8) is 0 Å². The number of hydrogen-bond donors (Lipinski definition) is 2. The van der Waals surface area contributed by atoms with Crippen molar-refractivity contribution in [1.29, 1.82) is 0 Å². The SMILES string of the molecule is CC(C)=CCC/C(C)=C/CC/C(C)=C/CN1CCC(NC(=O)c2cc3c(nc(N)c(=O)n3-c3ccc4c(c3)N(c3ccccc3)CCO4)s2)C1. The highest BCUT2D eigenvalue weighted by Crippen LogP contribution is 2.38. The van der Waals surface area contributed by atoms with Crippen LogP contribution in [-0.4, -0.2) is 59.2 Å². The van der Waals surface area contributed by atoms with Gasteiger partial charge in [0.05, 0.1) is 28.3 Å². The fourth-order valence-corrected chi connectivity index (χ4v) is 7.51.